The van der Waals surface area contributed by atoms with Gasteiger partial charge in [-0.3, -0.25) is 4.79 Å². The molecule has 25 heavy (non-hydrogen) atoms. The standard InChI is InChI=1S/C19H20N4O2/c1-12-10-25-17(14-6-4-3-5-7-14)13(2)23(12)19(24)16-9-8-15-18(22-16)21-11-20-15/h3-9,11-13,17H,10H2,1-2H3,(H,20,21,22). The van der Waals surface area contributed by atoms with E-state index in [2.05, 4.69) is 15.0 Å². The summed E-state index contributed by atoms with van der Waals surface area (Å²) in [5.74, 6) is -0.0888. The fraction of sp³-hybridized carbons (Fsp3) is 0.316. The van der Waals surface area contributed by atoms with Gasteiger partial charge in [0.1, 0.15) is 11.8 Å². The minimum Gasteiger partial charge on any atom is -0.369 e. The Hall–Kier alpha value is -2.73. The lowest BCUT2D eigenvalue weighted by Crippen LogP contribution is -2.53. The number of carbonyl (C=O) groups is 1. The molecule has 2 aromatic heterocycles. The molecule has 3 aromatic rings. The zero-order valence-corrected chi connectivity index (χ0v) is 14.2. The van der Waals surface area contributed by atoms with E-state index in [0.717, 1.165) is 11.1 Å². The third-order valence-corrected chi connectivity index (χ3v) is 4.73. The number of pyridine rings is 1. The van der Waals surface area contributed by atoms with E-state index < -0.39 is 0 Å². The highest BCUT2D eigenvalue weighted by atomic mass is 16.5. The smallest absolute Gasteiger partial charge is 0.273 e. The van der Waals surface area contributed by atoms with Gasteiger partial charge in [0.15, 0.2) is 5.65 Å². The van der Waals surface area contributed by atoms with Crippen molar-refractivity contribution in [3.63, 3.8) is 0 Å². The number of fused-ring (bicyclic) bond motifs is 1. The Morgan fingerprint density at radius 2 is 2.00 bits per heavy atom. The van der Waals surface area contributed by atoms with E-state index in [-0.39, 0.29) is 24.1 Å². The van der Waals surface area contributed by atoms with Crippen LogP contribution in [0.5, 0.6) is 0 Å². The maximum atomic E-state index is 13.1. The number of aromatic nitrogens is 3. The van der Waals surface area contributed by atoms with Crippen LogP contribution in [0.1, 0.15) is 36.0 Å². The van der Waals surface area contributed by atoms with E-state index in [4.69, 9.17) is 4.74 Å². The van der Waals surface area contributed by atoms with Crippen LogP contribution in [0.2, 0.25) is 0 Å². The Balaban J connectivity index is 1.65. The number of nitrogens with one attached hydrogen (secondary N) is 1. The van der Waals surface area contributed by atoms with Crippen LogP contribution in [0.25, 0.3) is 11.2 Å². The molecule has 128 valence electrons. The predicted molar refractivity (Wildman–Crippen MR) is 94.1 cm³/mol. The molecule has 0 spiro atoms. The average Bonchev–Trinajstić information content (AvgIpc) is 3.10. The van der Waals surface area contributed by atoms with Crippen molar-refractivity contribution in [3.05, 3.63) is 60.0 Å². The van der Waals surface area contributed by atoms with Gasteiger partial charge in [0.05, 0.1) is 30.5 Å². The Morgan fingerprint density at radius 3 is 2.80 bits per heavy atom. The van der Waals surface area contributed by atoms with Crippen LogP contribution in [0.15, 0.2) is 48.8 Å². The summed E-state index contributed by atoms with van der Waals surface area (Å²) < 4.78 is 6.03. The molecule has 4 rings (SSSR count). The lowest BCUT2D eigenvalue weighted by atomic mass is 9.98. The van der Waals surface area contributed by atoms with E-state index in [1.54, 1.807) is 12.4 Å². The molecule has 1 aliphatic heterocycles. The zero-order chi connectivity index (χ0) is 17.4. The monoisotopic (exact) mass is 336 g/mol. The van der Waals surface area contributed by atoms with Crippen LogP contribution >= 0.6 is 0 Å². The zero-order valence-electron chi connectivity index (χ0n) is 14.2. The number of morpholine rings is 1. The van der Waals surface area contributed by atoms with Gasteiger partial charge in [-0.05, 0) is 31.5 Å². The van der Waals surface area contributed by atoms with E-state index in [1.165, 1.54) is 0 Å². The van der Waals surface area contributed by atoms with Gasteiger partial charge in [-0.15, -0.1) is 0 Å². The molecule has 3 atom stereocenters. The minimum atomic E-state index is -0.143. The second kappa shape index (κ2) is 6.29. The maximum absolute atomic E-state index is 13.1. The van der Waals surface area contributed by atoms with Gasteiger partial charge in [0.2, 0.25) is 0 Å². The number of hydrogen-bond donors (Lipinski definition) is 1. The van der Waals surface area contributed by atoms with Crippen LogP contribution < -0.4 is 0 Å². The number of amides is 1. The molecular formula is C19H20N4O2. The number of aromatic amines is 1. The molecular weight excluding hydrogens is 316 g/mol. The Bertz CT molecular complexity index is 893. The summed E-state index contributed by atoms with van der Waals surface area (Å²) in [6, 6.07) is 13.5. The van der Waals surface area contributed by atoms with Crippen molar-refractivity contribution in [2.24, 2.45) is 0 Å². The van der Waals surface area contributed by atoms with Gasteiger partial charge in [0.25, 0.3) is 5.91 Å². The second-order valence-electron chi connectivity index (χ2n) is 6.44. The fourth-order valence-electron chi connectivity index (χ4n) is 3.49. The topological polar surface area (TPSA) is 71.1 Å². The molecule has 1 aliphatic rings. The molecule has 1 fully saturated rings. The molecule has 0 radical (unpaired) electrons. The number of carbonyl (C=O) groups excluding carboxylic acids is 1. The first kappa shape index (κ1) is 15.8. The van der Waals surface area contributed by atoms with Crippen molar-refractivity contribution in [2.45, 2.75) is 32.0 Å². The highest BCUT2D eigenvalue weighted by Gasteiger charge is 2.37. The van der Waals surface area contributed by atoms with Crippen molar-refractivity contribution in [2.75, 3.05) is 6.61 Å². The average molecular weight is 336 g/mol. The first-order chi connectivity index (χ1) is 12.1. The molecule has 1 aromatic carbocycles. The molecule has 3 heterocycles. The first-order valence-corrected chi connectivity index (χ1v) is 8.44. The number of imidazole rings is 1. The van der Waals surface area contributed by atoms with E-state index in [1.807, 2.05) is 55.1 Å². The highest BCUT2D eigenvalue weighted by Crippen LogP contribution is 2.31. The van der Waals surface area contributed by atoms with Crippen LogP contribution in [0.3, 0.4) is 0 Å². The summed E-state index contributed by atoms with van der Waals surface area (Å²) >= 11 is 0. The largest absolute Gasteiger partial charge is 0.369 e. The van der Waals surface area contributed by atoms with E-state index in [9.17, 15) is 4.79 Å². The fourth-order valence-corrected chi connectivity index (χ4v) is 3.49. The highest BCUT2D eigenvalue weighted by molar-refractivity contribution is 5.94. The Kier molecular flexibility index (Phi) is 3.97. The number of nitrogens with zero attached hydrogens (tertiary/aromatic N) is 3. The maximum Gasteiger partial charge on any atom is 0.273 e. The van der Waals surface area contributed by atoms with Gasteiger partial charge >= 0.3 is 0 Å². The van der Waals surface area contributed by atoms with Crippen LogP contribution in [-0.2, 0) is 4.74 Å². The molecule has 3 unspecified atom stereocenters. The number of hydrogen-bond acceptors (Lipinski definition) is 4. The number of benzene rings is 1. The summed E-state index contributed by atoms with van der Waals surface area (Å²) in [6.45, 7) is 4.53. The molecule has 0 bridgehead atoms. The van der Waals surface area contributed by atoms with E-state index in [0.29, 0.717) is 17.9 Å². The van der Waals surface area contributed by atoms with Gasteiger partial charge in [-0.25, -0.2) is 9.97 Å². The summed E-state index contributed by atoms with van der Waals surface area (Å²) in [5, 5.41) is 0. The Labute approximate surface area is 145 Å². The molecule has 6 nitrogen and oxygen atoms in total. The van der Waals surface area contributed by atoms with Gasteiger partial charge in [-0.2, -0.15) is 0 Å². The molecule has 1 N–H and O–H groups in total. The van der Waals surface area contributed by atoms with E-state index >= 15 is 0 Å². The lowest BCUT2D eigenvalue weighted by Gasteiger charge is -2.43. The summed E-state index contributed by atoms with van der Waals surface area (Å²) in [7, 11) is 0. The quantitative estimate of drug-likeness (QED) is 0.781. The summed E-state index contributed by atoms with van der Waals surface area (Å²) in [4.78, 5) is 26.6. The van der Waals surface area contributed by atoms with Crippen LogP contribution in [0.4, 0.5) is 0 Å². The van der Waals surface area contributed by atoms with Crippen molar-refractivity contribution in [1.29, 1.82) is 0 Å². The molecule has 1 saturated heterocycles. The number of H-pyrrole nitrogens is 1. The van der Waals surface area contributed by atoms with Crippen molar-refractivity contribution < 1.29 is 9.53 Å². The molecule has 0 aliphatic carbocycles. The van der Waals surface area contributed by atoms with Gasteiger partial charge < -0.3 is 14.6 Å². The number of ether oxygens (including phenoxy) is 1. The van der Waals surface area contributed by atoms with Crippen molar-refractivity contribution >= 4 is 17.1 Å². The predicted octanol–water partition coefficient (Wildman–Crippen LogP) is 2.95. The third kappa shape index (κ3) is 2.78. The normalized spacial score (nSPS) is 23.8. The SMILES string of the molecule is CC1COC(c2ccccc2)C(C)N1C(=O)c1ccc2[nH]cnc2n1. The first-order valence-electron chi connectivity index (χ1n) is 8.44. The van der Waals surface area contributed by atoms with Crippen LogP contribution in [-0.4, -0.2) is 44.4 Å². The molecule has 1 amide bonds. The van der Waals surface area contributed by atoms with Crippen molar-refractivity contribution in [1.82, 2.24) is 19.9 Å². The summed E-state index contributed by atoms with van der Waals surface area (Å²) in [6.07, 6.45) is 1.44. The Morgan fingerprint density at radius 1 is 1.20 bits per heavy atom. The van der Waals surface area contributed by atoms with Crippen LogP contribution in [0, 0.1) is 0 Å². The molecule has 0 saturated carbocycles. The van der Waals surface area contributed by atoms with Gasteiger partial charge in [-0.1, -0.05) is 30.3 Å². The number of rotatable bonds is 2. The summed E-state index contributed by atoms with van der Waals surface area (Å²) in [5.41, 5.74) is 2.86. The lowest BCUT2D eigenvalue weighted by molar-refractivity contribution is -0.0807. The minimum absolute atomic E-state index is 0.0147. The molecule has 6 heteroatoms. The van der Waals surface area contributed by atoms with Gasteiger partial charge in [0, 0.05) is 0 Å². The van der Waals surface area contributed by atoms with Crippen molar-refractivity contribution in [3.8, 4) is 0 Å². The second-order valence-corrected chi connectivity index (χ2v) is 6.44. The third-order valence-electron chi connectivity index (χ3n) is 4.73.